The van der Waals surface area contributed by atoms with Crippen LogP contribution in [0.4, 0.5) is 37.1 Å². The van der Waals surface area contributed by atoms with Gasteiger partial charge in [-0.1, -0.05) is 18.2 Å². The summed E-state index contributed by atoms with van der Waals surface area (Å²) in [5, 5.41) is 7.17. The predicted molar refractivity (Wildman–Crippen MR) is 130 cm³/mol. The van der Waals surface area contributed by atoms with Gasteiger partial charge in [0, 0.05) is 24.7 Å². The van der Waals surface area contributed by atoms with E-state index in [1.54, 1.807) is 25.7 Å². The topological polar surface area (TPSA) is 71.8 Å². The van der Waals surface area contributed by atoms with Crippen LogP contribution in [0.5, 0.6) is 0 Å². The lowest BCUT2D eigenvalue weighted by molar-refractivity contribution is -0.142. The van der Waals surface area contributed by atoms with Gasteiger partial charge >= 0.3 is 18.4 Å². The molecule has 1 saturated carbocycles. The number of alkyl halides is 6. The predicted octanol–water partition coefficient (Wildman–Crippen LogP) is 6.49. The number of carbonyl (C=O) groups is 1. The molecule has 0 unspecified atom stereocenters. The lowest BCUT2D eigenvalue weighted by Crippen LogP contribution is -2.51. The molecular formula is C26H27F6N5O2. The monoisotopic (exact) mass is 555 g/mol. The molecule has 3 heterocycles. The first kappa shape index (κ1) is 27.1. The van der Waals surface area contributed by atoms with Crippen molar-refractivity contribution in [2.45, 2.75) is 57.6 Å². The molecule has 1 amide bonds. The summed E-state index contributed by atoms with van der Waals surface area (Å²) in [6, 6.07) is 6.13. The molecule has 2 fully saturated rings. The number of anilines is 1. The Labute approximate surface area is 220 Å². The van der Waals surface area contributed by atoms with Crippen LogP contribution in [0.3, 0.4) is 0 Å². The molecule has 5 rings (SSSR count). The van der Waals surface area contributed by atoms with Gasteiger partial charge in [-0.2, -0.15) is 31.3 Å². The molecule has 3 atom stereocenters. The third-order valence-corrected chi connectivity index (χ3v) is 7.08. The molecule has 3 aromatic rings. The van der Waals surface area contributed by atoms with Gasteiger partial charge in [-0.15, -0.1) is 5.10 Å². The van der Waals surface area contributed by atoms with Gasteiger partial charge in [-0.05, 0) is 69.2 Å². The van der Waals surface area contributed by atoms with Crippen molar-refractivity contribution < 1.29 is 35.9 Å². The summed E-state index contributed by atoms with van der Waals surface area (Å²) in [5.74, 6) is -0.157. The zero-order valence-corrected chi connectivity index (χ0v) is 21.4. The van der Waals surface area contributed by atoms with Crippen molar-refractivity contribution in [2.24, 2.45) is 11.8 Å². The number of amides is 1. The van der Waals surface area contributed by atoms with E-state index in [4.69, 9.17) is 4.74 Å². The molecule has 2 aromatic heterocycles. The molecule has 1 aliphatic carbocycles. The highest BCUT2D eigenvalue weighted by Crippen LogP contribution is 2.41. The maximum Gasteiger partial charge on any atom is 0.433 e. The third kappa shape index (κ3) is 5.35. The van der Waals surface area contributed by atoms with Crippen molar-refractivity contribution in [1.82, 2.24) is 19.5 Å². The summed E-state index contributed by atoms with van der Waals surface area (Å²) in [5.41, 5.74) is -3.56. The van der Waals surface area contributed by atoms with E-state index < -0.39 is 35.3 Å². The largest absolute Gasteiger partial charge is 0.444 e. The standard InChI is InChI=1S/C26H27F6N5O2/c1-24(2,3)39-23(38)36-12-14-8-9-15(13-36)20(14)33-22-34-21-17(10-11-19(26(30,31)32)37(21)35-22)16-6-4-5-7-18(16)25(27,28)29/h4-7,10-11,14-15,20H,8-9,12-13H2,1-3H3,(H,33,35)/t14-,15+,20-. The van der Waals surface area contributed by atoms with E-state index >= 15 is 0 Å². The minimum absolute atomic E-state index is 0.0182. The molecule has 0 spiro atoms. The Balaban J connectivity index is 1.49. The molecule has 2 aliphatic rings. The Morgan fingerprint density at radius 1 is 0.923 bits per heavy atom. The van der Waals surface area contributed by atoms with Gasteiger partial charge in [0.1, 0.15) is 11.3 Å². The summed E-state index contributed by atoms with van der Waals surface area (Å²) >= 11 is 0. The highest BCUT2D eigenvalue weighted by atomic mass is 19.4. The number of halogens is 6. The molecular weight excluding hydrogens is 528 g/mol. The minimum Gasteiger partial charge on any atom is -0.444 e. The molecule has 2 bridgehead atoms. The number of ether oxygens (including phenoxy) is 1. The number of pyridine rings is 1. The third-order valence-electron chi connectivity index (χ3n) is 7.08. The van der Waals surface area contributed by atoms with Crippen LogP contribution in [0.2, 0.25) is 0 Å². The van der Waals surface area contributed by atoms with E-state index in [-0.39, 0.29) is 40.6 Å². The highest BCUT2D eigenvalue weighted by molar-refractivity contribution is 5.81. The van der Waals surface area contributed by atoms with Crippen molar-refractivity contribution >= 4 is 17.7 Å². The molecule has 1 saturated heterocycles. The Morgan fingerprint density at radius 3 is 2.15 bits per heavy atom. The van der Waals surface area contributed by atoms with Crippen LogP contribution in [0.15, 0.2) is 36.4 Å². The SMILES string of the molecule is CC(C)(C)OC(=O)N1C[C@H]2CC[C@@H](C1)[C@@H]2Nc1nc2c(-c3ccccc3C(F)(F)F)ccc(C(F)(F)F)n2n1. The average Bonchev–Trinajstić information content (AvgIpc) is 3.32. The Kier molecular flexibility index (Phi) is 6.46. The first-order valence-electron chi connectivity index (χ1n) is 12.5. The molecule has 7 nitrogen and oxygen atoms in total. The average molecular weight is 556 g/mol. The molecule has 210 valence electrons. The van der Waals surface area contributed by atoms with Gasteiger partial charge in [-0.3, -0.25) is 0 Å². The van der Waals surface area contributed by atoms with E-state index in [0.717, 1.165) is 25.0 Å². The zero-order chi connectivity index (χ0) is 28.3. The van der Waals surface area contributed by atoms with Gasteiger partial charge in [0.15, 0.2) is 5.65 Å². The second-order valence-corrected chi connectivity index (χ2v) is 11.0. The number of hydrogen-bond donors (Lipinski definition) is 1. The fraction of sp³-hybridized carbons (Fsp3) is 0.500. The highest BCUT2D eigenvalue weighted by Gasteiger charge is 2.45. The van der Waals surface area contributed by atoms with Crippen LogP contribution >= 0.6 is 0 Å². The van der Waals surface area contributed by atoms with Crippen molar-refractivity contribution in [1.29, 1.82) is 0 Å². The van der Waals surface area contributed by atoms with Gasteiger partial charge in [0.2, 0.25) is 5.95 Å². The summed E-state index contributed by atoms with van der Waals surface area (Å²) in [6.45, 7) is 6.13. The Bertz CT molecular complexity index is 1380. The number of nitrogens with zero attached hydrogens (tertiary/aromatic N) is 4. The molecule has 1 aromatic carbocycles. The van der Waals surface area contributed by atoms with E-state index in [2.05, 4.69) is 15.4 Å². The number of hydrogen-bond acceptors (Lipinski definition) is 5. The van der Waals surface area contributed by atoms with E-state index in [9.17, 15) is 31.1 Å². The number of nitrogens with one attached hydrogen (secondary N) is 1. The molecule has 39 heavy (non-hydrogen) atoms. The minimum atomic E-state index is -4.82. The quantitative estimate of drug-likeness (QED) is 0.374. The first-order chi connectivity index (χ1) is 18.1. The Morgan fingerprint density at radius 2 is 1.56 bits per heavy atom. The molecule has 0 radical (unpaired) electrons. The zero-order valence-electron chi connectivity index (χ0n) is 21.4. The first-order valence-corrected chi connectivity index (χ1v) is 12.5. The van der Waals surface area contributed by atoms with Crippen LogP contribution in [-0.2, 0) is 17.1 Å². The molecule has 1 N–H and O–H groups in total. The number of rotatable bonds is 3. The van der Waals surface area contributed by atoms with Gasteiger partial charge in [0.05, 0.1) is 5.56 Å². The van der Waals surface area contributed by atoms with Crippen molar-refractivity contribution in [2.75, 3.05) is 18.4 Å². The van der Waals surface area contributed by atoms with Gasteiger partial charge in [0.25, 0.3) is 0 Å². The van der Waals surface area contributed by atoms with Gasteiger partial charge < -0.3 is 15.0 Å². The lowest BCUT2D eigenvalue weighted by Gasteiger charge is -2.38. The van der Waals surface area contributed by atoms with Crippen LogP contribution in [0, 0.1) is 11.8 Å². The number of aromatic nitrogens is 3. The fourth-order valence-corrected chi connectivity index (χ4v) is 5.50. The van der Waals surface area contributed by atoms with Gasteiger partial charge in [-0.25, -0.2) is 9.31 Å². The normalized spacial score (nSPS) is 21.9. The van der Waals surface area contributed by atoms with Crippen LogP contribution < -0.4 is 5.32 Å². The number of piperidine rings is 1. The van der Waals surface area contributed by atoms with E-state index in [0.29, 0.717) is 23.7 Å². The summed E-state index contributed by atoms with van der Waals surface area (Å²) < 4.78 is 88.6. The van der Waals surface area contributed by atoms with Crippen molar-refractivity contribution in [3.05, 3.63) is 47.7 Å². The second-order valence-electron chi connectivity index (χ2n) is 11.0. The number of carbonyl (C=O) groups excluding carboxylic acids is 1. The lowest BCUT2D eigenvalue weighted by atomic mass is 9.92. The second kappa shape index (κ2) is 9.30. The van der Waals surface area contributed by atoms with E-state index in [1.165, 1.54) is 18.2 Å². The Hall–Kier alpha value is -3.51. The molecule has 13 heteroatoms. The number of fused-ring (bicyclic) bond motifs is 3. The maximum atomic E-state index is 13.8. The number of likely N-dealkylation sites (tertiary alicyclic amines) is 1. The summed E-state index contributed by atoms with van der Waals surface area (Å²) in [4.78, 5) is 18.5. The number of benzene rings is 1. The van der Waals surface area contributed by atoms with Crippen molar-refractivity contribution in [3.8, 4) is 11.1 Å². The van der Waals surface area contributed by atoms with E-state index in [1.807, 2.05) is 0 Å². The smallest absolute Gasteiger partial charge is 0.433 e. The molecule has 1 aliphatic heterocycles. The fourth-order valence-electron chi connectivity index (χ4n) is 5.50. The van der Waals surface area contributed by atoms with Crippen LogP contribution in [0.1, 0.15) is 44.9 Å². The van der Waals surface area contributed by atoms with Crippen molar-refractivity contribution in [3.63, 3.8) is 0 Å². The maximum absolute atomic E-state index is 13.8. The summed E-state index contributed by atoms with van der Waals surface area (Å²) in [7, 11) is 0. The summed E-state index contributed by atoms with van der Waals surface area (Å²) in [6.07, 6.45) is -8.39. The van der Waals surface area contributed by atoms with Crippen LogP contribution in [0.25, 0.3) is 16.8 Å². The van der Waals surface area contributed by atoms with Crippen LogP contribution in [-0.4, -0.2) is 50.3 Å².